The molecule has 70 heavy (non-hydrogen) atoms. The summed E-state index contributed by atoms with van der Waals surface area (Å²) in [6, 6.07) is 73.6. The molecule has 0 amide bonds. The van der Waals surface area contributed by atoms with E-state index in [0.29, 0.717) is 0 Å². The summed E-state index contributed by atoms with van der Waals surface area (Å²) in [5.74, 6) is 0. The molecule has 0 spiro atoms. The van der Waals surface area contributed by atoms with Gasteiger partial charge < -0.3 is 9.80 Å². The van der Waals surface area contributed by atoms with Crippen molar-refractivity contribution in [3.05, 3.63) is 252 Å². The van der Waals surface area contributed by atoms with Crippen LogP contribution < -0.4 is 9.80 Å². The van der Waals surface area contributed by atoms with Crippen LogP contribution in [0, 0.1) is 0 Å². The molecule has 10 aromatic rings. The van der Waals surface area contributed by atoms with E-state index in [9.17, 15) is 0 Å². The van der Waals surface area contributed by atoms with Crippen LogP contribution in [0.3, 0.4) is 0 Å². The highest BCUT2D eigenvalue weighted by atomic mass is 15.2. The number of hydrogen-bond donors (Lipinski definition) is 0. The van der Waals surface area contributed by atoms with E-state index in [-0.39, 0.29) is 0 Å². The summed E-state index contributed by atoms with van der Waals surface area (Å²) in [6.07, 6.45) is 18.2. The van der Waals surface area contributed by atoms with Crippen molar-refractivity contribution in [2.45, 2.75) is 51.4 Å². The van der Waals surface area contributed by atoms with Crippen LogP contribution in [0.1, 0.15) is 49.7 Å². The molecule has 0 N–H and O–H groups in total. The number of fused-ring (bicyclic) bond motifs is 6. The highest BCUT2D eigenvalue weighted by Crippen LogP contribution is 2.50. The Morgan fingerprint density at radius 2 is 0.871 bits per heavy atom. The smallest absolute Gasteiger partial charge is 0.0493 e. The lowest BCUT2D eigenvalue weighted by molar-refractivity contribution is 0.831. The number of hydrogen-bond acceptors (Lipinski definition) is 2. The van der Waals surface area contributed by atoms with Crippen molar-refractivity contribution in [2.24, 2.45) is 0 Å². The van der Waals surface area contributed by atoms with Gasteiger partial charge in [-0.2, -0.15) is 0 Å². The minimum Gasteiger partial charge on any atom is -0.314 e. The van der Waals surface area contributed by atoms with Gasteiger partial charge in [0.1, 0.15) is 0 Å². The molecule has 10 aromatic carbocycles. The van der Waals surface area contributed by atoms with Gasteiger partial charge in [0.05, 0.1) is 0 Å². The molecule has 2 heterocycles. The summed E-state index contributed by atoms with van der Waals surface area (Å²) in [5, 5.41) is 10.0. The summed E-state index contributed by atoms with van der Waals surface area (Å²) in [7, 11) is 0. The Labute approximate surface area is 410 Å². The first kappa shape index (κ1) is 40.8. The van der Waals surface area contributed by atoms with E-state index in [1.165, 1.54) is 127 Å². The third kappa shape index (κ3) is 6.84. The number of nitrogens with zero attached hydrogens (tertiary/aromatic N) is 2. The molecular weight excluding hydrogens is 845 g/mol. The van der Waals surface area contributed by atoms with Gasteiger partial charge in [0.15, 0.2) is 0 Å². The van der Waals surface area contributed by atoms with Gasteiger partial charge in [0.25, 0.3) is 0 Å². The Balaban J connectivity index is 1.09. The Kier molecular flexibility index (Phi) is 9.79. The number of para-hydroxylation sites is 2. The Morgan fingerprint density at radius 3 is 1.57 bits per heavy atom. The minimum absolute atomic E-state index is 1.00. The number of anilines is 4. The van der Waals surface area contributed by atoms with Crippen LogP contribution >= 0.6 is 0 Å². The second-order valence-electron chi connectivity index (χ2n) is 19.7. The van der Waals surface area contributed by atoms with Gasteiger partial charge in [-0.05, 0) is 211 Å². The van der Waals surface area contributed by atoms with Gasteiger partial charge in [-0.3, -0.25) is 0 Å². The Hall–Kier alpha value is -8.20. The van der Waals surface area contributed by atoms with Gasteiger partial charge in [0, 0.05) is 34.1 Å². The third-order valence-electron chi connectivity index (χ3n) is 15.7. The maximum Gasteiger partial charge on any atom is 0.0493 e. The van der Waals surface area contributed by atoms with E-state index >= 15 is 0 Å². The monoisotopic (exact) mass is 896 g/mol. The molecule has 2 nitrogen and oxygen atoms in total. The predicted octanol–water partition coefficient (Wildman–Crippen LogP) is 18.7. The van der Waals surface area contributed by atoms with Gasteiger partial charge in [-0.25, -0.2) is 0 Å². The molecule has 0 atom stereocenters. The van der Waals surface area contributed by atoms with Gasteiger partial charge in [-0.1, -0.05) is 158 Å². The summed E-state index contributed by atoms with van der Waals surface area (Å²) in [6.45, 7) is 0. The SMILES string of the molecule is C1=CC2=C(CC1)CCC1=C(CCC=C1)N2c1ccc2c(-c3ccc4ccccc4c3)c3cc(N4c5ccccc5CCc5ccccc54)ccc3c(-c3cccc(-c4ccc5ccccc5c4)c3)c2c1. The number of aryl methyl sites for hydroxylation is 2. The molecule has 14 rings (SSSR count). The number of rotatable bonds is 5. The van der Waals surface area contributed by atoms with Crippen LogP contribution in [-0.2, 0) is 12.8 Å². The molecule has 2 aliphatic carbocycles. The van der Waals surface area contributed by atoms with E-state index in [0.717, 1.165) is 51.4 Å². The molecular formula is C68H52N2. The molecule has 2 aliphatic heterocycles. The summed E-state index contributed by atoms with van der Waals surface area (Å²) in [5.41, 5.74) is 21.0. The highest BCUT2D eigenvalue weighted by molar-refractivity contribution is 6.23. The molecule has 0 saturated carbocycles. The van der Waals surface area contributed by atoms with Crippen molar-refractivity contribution in [3.63, 3.8) is 0 Å². The molecule has 0 bridgehead atoms. The van der Waals surface area contributed by atoms with E-state index in [2.05, 4.69) is 228 Å². The zero-order valence-corrected chi connectivity index (χ0v) is 39.3. The zero-order valence-electron chi connectivity index (χ0n) is 39.3. The average molecular weight is 897 g/mol. The first-order valence-corrected chi connectivity index (χ1v) is 25.4. The van der Waals surface area contributed by atoms with Gasteiger partial charge in [-0.15, -0.1) is 0 Å². The molecule has 334 valence electrons. The Morgan fingerprint density at radius 1 is 0.329 bits per heavy atom. The largest absolute Gasteiger partial charge is 0.314 e. The lowest BCUT2D eigenvalue weighted by Gasteiger charge is -2.33. The molecule has 0 radical (unpaired) electrons. The van der Waals surface area contributed by atoms with Crippen LogP contribution in [0.4, 0.5) is 22.7 Å². The zero-order chi connectivity index (χ0) is 46.1. The number of benzene rings is 10. The normalized spacial score (nSPS) is 15.5. The fourth-order valence-electron chi connectivity index (χ4n) is 12.3. The van der Waals surface area contributed by atoms with Crippen LogP contribution in [0.2, 0.25) is 0 Å². The summed E-state index contributed by atoms with van der Waals surface area (Å²) < 4.78 is 0. The fourth-order valence-corrected chi connectivity index (χ4v) is 12.3. The van der Waals surface area contributed by atoms with E-state index in [1.807, 2.05) is 0 Å². The van der Waals surface area contributed by atoms with Crippen molar-refractivity contribution in [1.82, 2.24) is 0 Å². The molecule has 0 saturated heterocycles. The van der Waals surface area contributed by atoms with Crippen molar-refractivity contribution < 1.29 is 0 Å². The quantitative estimate of drug-likeness (QED) is 0.159. The second-order valence-corrected chi connectivity index (χ2v) is 19.7. The lowest BCUT2D eigenvalue weighted by atomic mass is 9.84. The maximum absolute atomic E-state index is 2.66. The summed E-state index contributed by atoms with van der Waals surface area (Å²) >= 11 is 0. The van der Waals surface area contributed by atoms with E-state index in [4.69, 9.17) is 0 Å². The molecule has 0 aromatic heterocycles. The van der Waals surface area contributed by atoms with Crippen LogP contribution in [-0.4, -0.2) is 0 Å². The fraction of sp³-hybridized carbons (Fsp3) is 0.118. The topological polar surface area (TPSA) is 6.48 Å². The first-order chi connectivity index (χ1) is 34.7. The third-order valence-corrected chi connectivity index (χ3v) is 15.7. The summed E-state index contributed by atoms with van der Waals surface area (Å²) in [4.78, 5) is 5.18. The van der Waals surface area contributed by atoms with Crippen LogP contribution in [0.25, 0.3) is 76.5 Å². The molecule has 0 unspecified atom stereocenters. The Bertz CT molecular complexity index is 3870. The highest BCUT2D eigenvalue weighted by Gasteiger charge is 2.29. The van der Waals surface area contributed by atoms with E-state index in [1.54, 1.807) is 5.57 Å². The maximum atomic E-state index is 2.66. The molecule has 2 heteroatoms. The minimum atomic E-state index is 1.00. The van der Waals surface area contributed by atoms with Crippen molar-refractivity contribution in [3.8, 4) is 33.4 Å². The lowest BCUT2D eigenvalue weighted by Crippen LogP contribution is -2.24. The van der Waals surface area contributed by atoms with Crippen molar-refractivity contribution >= 4 is 65.8 Å². The van der Waals surface area contributed by atoms with Crippen molar-refractivity contribution in [2.75, 3.05) is 9.80 Å². The van der Waals surface area contributed by atoms with Crippen molar-refractivity contribution in [1.29, 1.82) is 0 Å². The van der Waals surface area contributed by atoms with E-state index < -0.39 is 0 Å². The predicted molar refractivity (Wildman–Crippen MR) is 297 cm³/mol. The van der Waals surface area contributed by atoms with Crippen LogP contribution in [0.15, 0.2) is 241 Å². The molecule has 0 fully saturated rings. The van der Waals surface area contributed by atoms with Crippen LogP contribution in [0.5, 0.6) is 0 Å². The number of allylic oxidation sites excluding steroid dienone is 7. The van der Waals surface area contributed by atoms with Gasteiger partial charge in [0.2, 0.25) is 0 Å². The standard InChI is InChI=1S/C68H52N2/c1-3-20-51-40-54(34-28-45(51)14-1)53-22-13-23-55(42-53)67-59-38-36-58(70-65-26-11-7-18-49(65)32-33-50-19-8-12-27-66(50)70)44-62(59)68(56-35-29-46-15-2-4-21-52(46)41-56)60-39-37-57(43-61(60)67)69-63-24-9-5-16-47(63)30-31-48-17-6-10-25-64(48)69/h1-5,7-8,10-16,18-23,25-29,34-44H,6,9,17,24,30-33H2. The molecule has 4 aliphatic rings. The second kappa shape index (κ2) is 16.8. The first-order valence-electron chi connectivity index (χ1n) is 25.4. The van der Waals surface area contributed by atoms with Gasteiger partial charge >= 0.3 is 0 Å². The average Bonchev–Trinajstić information content (AvgIpc) is 3.70.